The fourth-order valence-corrected chi connectivity index (χ4v) is 1.19. The summed E-state index contributed by atoms with van der Waals surface area (Å²) in [4.78, 5) is 13.1. The molecule has 0 radical (unpaired) electrons. The average Bonchev–Trinajstić information content (AvgIpc) is 2.18. The van der Waals surface area contributed by atoms with Gasteiger partial charge in [-0.25, -0.2) is 0 Å². The lowest BCUT2D eigenvalue weighted by atomic mass is 10.3. The van der Waals surface area contributed by atoms with E-state index in [1.807, 2.05) is 6.92 Å². The number of carbonyl (C=O) groups excluding carboxylic acids is 1. The number of amides is 1. The van der Waals surface area contributed by atoms with Crippen molar-refractivity contribution in [3.05, 3.63) is 12.7 Å². The minimum atomic E-state index is -0.0911. The van der Waals surface area contributed by atoms with Gasteiger partial charge in [0.15, 0.2) is 0 Å². The maximum Gasteiger partial charge on any atom is 0.246 e. The first kappa shape index (κ1) is 13.1. The van der Waals surface area contributed by atoms with Crippen LogP contribution in [0.15, 0.2) is 12.7 Å². The van der Waals surface area contributed by atoms with Gasteiger partial charge in [0.25, 0.3) is 0 Å². The largest absolute Gasteiger partial charge is 0.383 e. The summed E-state index contributed by atoms with van der Waals surface area (Å²) in [5.41, 5.74) is 0. The predicted molar refractivity (Wildman–Crippen MR) is 55.1 cm³/mol. The van der Waals surface area contributed by atoms with Crippen LogP contribution < -0.4 is 0 Å². The third-order valence-corrected chi connectivity index (χ3v) is 1.93. The maximum absolute atomic E-state index is 11.4. The van der Waals surface area contributed by atoms with E-state index in [0.717, 1.165) is 0 Å². The van der Waals surface area contributed by atoms with Crippen LogP contribution >= 0.6 is 0 Å². The van der Waals surface area contributed by atoms with Crippen LogP contribution in [-0.4, -0.2) is 50.8 Å². The summed E-state index contributed by atoms with van der Waals surface area (Å²) in [6.07, 6.45) is 1.31. The number of carbonyl (C=O) groups is 1. The molecule has 0 fully saturated rings. The Morgan fingerprint density at radius 3 is 2.57 bits per heavy atom. The zero-order valence-corrected chi connectivity index (χ0v) is 9.16. The van der Waals surface area contributed by atoms with E-state index in [9.17, 15) is 4.79 Å². The van der Waals surface area contributed by atoms with Crippen LogP contribution in [0.3, 0.4) is 0 Å². The SMILES string of the molecule is C=CC(=O)N(CCOC)C(C)COC. The molecule has 0 N–H and O–H groups in total. The van der Waals surface area contributed by atoms with Gasteiger partial charge in [0.05, 0.1) is 19.3 Å². The van der Waals surface area contributed by atoms with Crippen molar-refractivity contribution in [1.82, 2.24) is 4.90 Å². The van der Waals surface area contributed by atoms with Crippen LogP contribution in [0.25, 0.3) is 0 Å². The first-order chi connectivity index (χ1) is 6.67. The van der Waals surface area contributed by atoms with E-state index in [4.69, 9.17) is 9.47 Å². The van der Waals surface area contributed by atoms with Gasteiger partial charge in [0, 0.05) is 20.8 Å². The van der Waals surface area contributed by atoms with Gasteiger partial charge < -0.3 is 14.4 Å². The molecule has 0 aliphatic heterocycles. The van der Waals surface area contributed by atoms with Crippen molar-refractivity contribution in [1.29, 1.82) is 0 Å². The van der Waals surface area contributed by atoms with Crippen LogP contribution in [0.2, 0.25) is 0 Å². The molecular formula is C10H19NO3. The summed E-state index contributed by atoms with van der Waals surface area (Å²) in [7, 11) is 3.22. The van der Waals surface area contributed by atoms with Gasteiger partial charge in [-0.1, -0.05) is 6.58 Å². The minimum absolute atomic E-state index is 0.0423. The summed E-state index contributed by atoms with van der Waals surface area (Å²) < 4.78 is 9.92. The van der Waals surface area contributed by atoms with Gasteiger partial charge in [-0.05, 0) is 13.0 Å². The molecule has 0 spiro atoms. The first-order valence-corrected chi connectivity index (χ1v) is 4.58. The molecular weight excluding hydrogens is 182 g/mol. The quantitative estimate of drug-likeness (QED) is 0.569. The van der Waals surface area contributed by atoms with E-state index < -0.39 is 0 Å². The van der Waals surface area contributed by atoms with Gasteiger partial charge in [-0.3, -0.25) is 4.79 Å². The predicted octanol–water partition coefficient (Wildman–Crippen LogP) is 0.682. The molecule has 14 heavy (non-hydrogen) atoms. The number of nitrogens with zero attached hydrogens (tertiary/aromatic N) is 1. The number of ether oxygens (including phenoxy) is 2. The molecule has 0 aromatic heterocycles. The molecule has 1 amide bonds. The van der Waals surface area contributed by atoms with E-state index in [1.54, 1.807) is 19.1 Å². The second-order valence-electron chi connectivity index (χ2n) is 3.03. The third kappa shape index (κ3) is 4.39. The highest BCUT2D eigenvalue weighted by molar-refractivity contribution is 5.87. The minimum Gasteiger partial charge on any atom is -0.383 e. The van der Waals surface area contributed by atoms with E-state index in [-0.39, 0.29) is 11.9 Å². The highest BCUT2D eigenvalue weighted by Gasteiger charge is 2.16. The molecule has 0 aliphatic carbocycles. The molecule has 0 rings (SSSR count). The van der Waals surface area contributed by atoms with Gasteiger partial charge >= 0.3 is 0 Å². The third-order valence-electron chi connectivity index (χ3n) is 1.93. The lowest BCUT2D eigenvalue weighted by molar-refractivity contribution is -0.129. The summed E-state index contributed by atoms with van der Waals surface area (Å²) in [5.74, 6) is -0.0911. The number of hydrogen-bond donors (Lipinski definition) is 0. The highest BCUT2D eigenvalue weighted by Crippen LogP contribution is 2.01. The monoisotopic (exact) mass is 201 g/mol. The number of hydrogen-bond acceptors (Lipinski definition) is 3. The van der Waals surface area contributed by atoms with Gasteiger partial charge in [0.1, 0.15) is 0 Å². The normalized spacial score (nSPS) is 12.2. The Morgan fingerprint density at radius 2 is 2.14 bits per heavy atom. The summed E-state index contributed by atoms with van der Waals surface area (Å²) in [5, 5.41) is 0. The van der Waals surface area contributed by atoms with Crippen LogP contribution in [0.4, 0.5) is 0 Å². The molecule has 1 unspecified atom stereocenters. The molecule has 0 saturated heterocycles. The van der Waals surface area contributed by atoms with Crippen LogP contribution in [-0.2, 0) is 14.3 Å². The topological polar surface area (TPSA) is 38.8 Å². The van der Waals surface area contributed by atoms with Crippen molar-refractivity contribution in [3.8, 4) is 0 Å². The van der Waals surface area contributed by atoms with E-state index in [0.29, 0.717) is 19.8 Å². The number of methoxy groups -OCH3 is 2. The summed E-state index contributed by atoms with van der Waals surface area (Å²) in [6.45, 7) is 6.99. The zero-order chi connectivity index (χ0) is 11.0. The van der Waals surface area contributed by atoms with Crippen LogP contribution in [0.5, 0.6) is 0 Å². The van der Waals surface area contributed by atoms with Crippen molar-refractivity contribution in [2.75, 3.05) is 34.0 Å². The maximum atomic E-state index is 11.4. The van der Waals surface area contributed by atoms with Crippen LogP contribution in [0, 0.1) is 0 Å². The fourth-order valence-electron chi connectivity index (χ4n) is 1.19. The Labute approximate surface area is 85.5 Å². The molecule has 0 aromatic rings. The number of rotatable bonds is 7. The zero-order valence-electron chi connectivity index (χ0n) is 9.16. The Kier molecular flexibility index (Phi) is 7.06. The molecule has 0 aliphatic rings. The molecule has 0 heterocycles. The van der Waals surface area contributed by atoms with Gasteiger partial charge in [0.2, 0.25) is 5.91 Å². The molecule has 4 heteroatoms. The van der Waals surface area contributed by atoms with Gasteiger partial charge in [-0.15, -0.1) is 0 Å². The van der Waals surface area contributed by atoms with Crippen molar-refractivity contribution in [3.63, 3.8) is 0 Å². The molecule has 4 nitrogen and oxygen atoms in total. The lowest BCUT2D eigenvalue weighted by Crippen LogP contribution is -2.42. The Morgan fingerprint density at radius 1 is 1.50 bits per heavy atom. The smallest absolute Gasteiger partial charge is 0.246 e. The van der Waals surface area contributed by atoms with E-state index in [1.165, 1.54) is 6.08 Å². The average molecular weight is 201 g/mol. The van der Waals surface area contributed by atoms with Crippen LogP contribution in [0.1, 0.15) is 6.92 Å². The van der Waals surface area contributed by atoms with Crippen molar-refractivity contribution >= 4 is 5.91 Å². The second-order valence-corrected chi connectivity index (χ2v) is 3.03. The second kappa shape index (κ2) is 7.53. The molecule has 0 aromatic carbocycles. The fraction of sp³-hybridized carbons (Fsp3) is 0.700. The Bertz CT molecular complexity index is 182. The molecule has 1 atom stereocenters. The molecule has 82 valence electrons. The summed E-state index contributed by atoms with van der Waals surface area (Å²) >= 11 is 0. The summed E-state index contributed by atoms with van der Waals surface area (Å²) in [6, 6.07) is 0.0423. The molecule has 0 bridgehead atoms. The first-order valence-electron chi connectivity index (χ1n) is 4.58. The lowest BCUT2D eigenvalue weighted by Gasteiger charge is -2.27. The highest BCUT2D eigenvalue weighted by atomic mass is 16.5. The van der Waals surface area contributed by atoms with E-state index in [2.05, 4.69) is 6.58 Å². The Hall–Kier alpha value is -0.870. The Balaban J connectivity index is 4.21. The van der Waals surface area contributed by atoms with Crippen molar-refractivity contribution in [2.24, 2.45) is 0 Å². The standard InChI is InChI=1S/C10H19NO3/c1-5-10(12)11(6-7-13-3)9(2)8-14-4/h5,9H,1,6-8H2,2-4H3. The van der Waals surface area contributed by atoms with Crippen molar-refractivity contribution in [2.45, 2.75) is 13.0 Å². The van der Waals surface area contributed by atoms with E-state index >= 15 is 0 Å². The van der Waals surface area contributed by atoms with Crippen molar-refractivity contribution < 1.29 is 14.3 Å². The molecule has 0 saturated carbocycles. The van der Waals surface area contributed by atoms with Gasteiger partial charge in [-0.2, -0.15) is 0 Å².